The molecule has 0 aliphatic rings. The molecule has 0 saturated heterocycles. The molecule has 0 unspecified atom stereocenters. The molecule has 4 N–H and O–H groups in total. The lowest BCUT2D eigenvalue weighted by Crippen LogP contribution is -2.41. The van der Waals surface area contributed by atoms with Gasteiger partial charge < -0.3 is 30.7 Å². The number of nitrogens with two attached hydrogens (primary N) is 2. The monoisotopic (exact) mass is 332 g/mol. The molecule has 0 aromatic rings. The van der Waals surface area contributed by atoms with Gasteiger partial charge in [-0.3, -0.25) is 9.59 Å². The summed E-state index contributed by atoms with van der Waals surface area (Å²) in [5, 5.41) is 0. The van der Waals surface area contributed by atoms with E-state index in [1.165, 1.54) is 7.11 Å². The van der Waals surface area contributed by atoms with E-state index in [1.807, 2.05) is 0 Å². The van der Waals surface area contributed by atoms with Crippen LogP contribution in [0.5, 0.6) is 0 Å². The molecule has 0 rings (SSSR count). The molecule has 0 fully saturated rings. The standard InChI is InChI=1S/C15H32N4O4/c1-3-23-15(21)5-9-19(11-7-17)13-12-18(10-6-16)8-4-14(20)22-2/h3-13,16-17H2,1-2H3. The fourth-order valence-corrected chi connectivity index (χ4v) is 2.15. The summed E-state index contributed by atoms with van der Waals surface area (Å²) in [6, 6.07) is 0. The topological polar surface area (TPSA) is 111 Å². The molecule has 0 heterocycles. The van der Waals surface area contributed by atoms with E-state index in [9.17, 15) is 9.59 Å². The minimum Gasteiger partial charge on any atom is -0.469 e. The van der Waals surface area contributed by atoms with Gasteiger partial charge in [0.1, 0.15) is 0 Å². The molecule has 0 bridgehead atoms. The maximum absolute atomic E-state index is 11.4. The Labute approximate surface area is 139 Å². The highest BCUT2D eigenvalue weighted by molar-refractivity contribution is 5.69. The predicted octanol–water partition coefficient (Wildman–Crippen LogP) is -0.976. The fourth-order valence-electron chi connectivity index (χ4n) is 2.15. The Balaban J connectivity index is 4.25. The molecule has 0 radical (unpaired) electrons. The third-order valence-corrected chi connectivity index (χ3v) is 3.42. The first-order chi connectivity index (χ1) is 11.1. The number of hydrogen-bond acceptors (Lipinski definition) is 8. The average molecular weight is 332 g/mol. The quantitative estimate of drug-likeness (QED) is 0.391. The molecule has 0 aliphatic heterocycles. The van der Waals surface area contributed by atoms with Gasteiger partial charge in [0.25, 0.3) is 0 Å². The third-order valence-electron chi connectivity index (χ3n) is 3.42. The Bertz CT molecular complexity index is 329. The van der Waals surface area contributed by atoms with E-state index in [0.717, 1.165) is 13.1 Å². The van der Waals surface area contributed by atoms with E-state index in [-0.39, 0.29) is 11.9 Å². The van der Waals surface area contributed by atoms with Gasteiger partial charge in [-0.05, 0) is 6.92 Å². The van der Waals surface area contributed by atoms with Crippen molar-refractivity contribution >= 4 is 11.9 Å². The summed E-state index contributed by atoms with van der Waals surface area (Å²) >= 11 is 0. The SMILES string of the molecule is CCOC(=O)CCN(CCN)CCN(CCN)CCC(=O)OC. The van der Waals surface area contributed by atoms with Crippen LogP contribution in [0.4, 0.5) is 0 Å². The van der Waals surface area contributed by atoms with Gasteiger partial charge in [-0.15, -0.1) is 0 Å². The van der Waals surface area contributed by atoms with Crippen LogP contribution in [0.3, 0.4) is 0 Å². The summed E-state index contributed by atoms with van der Waals surface area (Å²) < 4.78 is 9.59. The van der Waals surface area contributed by atoms with Crippen molar-refractivity contribution in [2.75, 3.05) is 66.1 Å². The molecule has 0 aromatic carbocycles. The van der Waals surface area contributed by atoms with Crippen LogP contribution < -0.4 is 11.5 Å². The Morgan fingerprint density at radius 2 is 1.30 bits per heavy atom. The molecule has 0 saturated carbocycles. The average Bonchev–Trinajstić information content (AvgIpc) is 2.54. The second-order valence-electron chi connectivity index (χ2n) is 5.14. The smallest absolute Gasteiger partial charge is 0.307 e. The summed E-state index contributed by atoms with van der Waals surface area (Å²) in [5.41, 5.74) is 11.2. The lowest BCUT2D eigenvalue weighted by Gasteiger charge is -2.26. The van der Waals surface area contributed by atoms with Crippen LogP contribution in [-0.4, -0.2) is 87.8 Å². The summed E-state index contributed by atoms with van der Waals surface area (Å²) in [6.07, 6.45) is 0.698. The molecule has 0 aromatic heterocycles. The van der Waals surface area contributed by atoms with Crippen molar-refractivity contribution < 1.29 is 19.1 Å². The van der Waals surface area contributed by atoms with Crippen LogP contribution in [0.25, 0.3) is 0 Å². The van der Waals surface area contributed by atoms with Crippen LogP contribution in [0, 0.1) is 0 Å². The zero-order valence-corrected chi connectivity index (χ0v) is 14.5. The predicted molar refractivity (Wildman–Crippen MR) is 88.9 cm³/mol. The van der Waals surface area contributed by atoms with Crippen LogP contribution in [0.2, 0.25) is 0 Å². The van der Waals surface area contributed by atoms with Gasteiger partial charge in [-0.2, -0.15) is 0 Å². The Morgan fingerprint density at radius 3 is 1.70 bits per heavy atom. The van der Waals surface area contributed by atoms with Crippen LogP contribution >= 0.6 is 0 Å². The van der Waals surface area contributed by atoms with Crippen molar-refractivity contribution in [1.29, 1.82) is 0 Å². The lowest BCUT2D eigenvalue weighted by molar-refractivity contribution is -0.143. The van der Waals surface area contributed by atoms with Gasteiger partial charge in [0, 0.05) is 52.4 Å². The largest absolute Gasteiger partial charge is 0.469 e. The maximum Gasteiger partial charge on any atom is 0.307 e. The van der Waals surface area contributed by atoms with Crippen molar-refractivity contribution in [1.82, 2.24) is 9.80 Å². The molecule has 0 amide bonds. The van der Waals surface area contributed by atoms with Gasteiger partial charge >= 0.3 is 11.9 Å². The maximum atomic E-state index is 11.4. The van der Waals surface area contributed by atoms with E-state index >= 15 is 0 Å². The number of rotatable bonds is 14. The molecule has 23 heavy (non-hydrogen) atoms. The highest BCUT2D eigenvalue weighted by Gasteiger charge is 2.12. The van der Waals surface area contributed by atoms with E-state index in [1.54, 1.807) is 6.92 Å². The second-order valence-corrected chi connectivity index (χ2v) is 5.14. The molecule has 8 heteroatoms. The number of esters is 2. The first kappa shape index (κ1) is 21.8. The normalized spacial score (nSPS) is 11.0. The molecule has 0 aliphatic carbocycles. The van der Waals surface area contributed by atoms with Crippen molar-refractivity contribution in [3.8, 4) is 0 Å². The zero-order chi connectivity index (χ0) is 17.5. The van der Waals surface area contributed by atoms with Crippen LogP contribution in [0.15, 0.2) is 0 Å². The van der Waals surface area contributed by atoms with Crippen LogP contribution in [-0.2, 0) is 19.1 Å². The fraction of sp³-hybridized carbons (Fsp3) is 0.867. The van der Waals surface area contributed by atoms with Crippen molar-refractivity contribution in [3.63, 3.8) is 0 Å². The first-order valence-corrected chi connectivity index (χ1v) is 8.14. The van der Waals surface area contributed by atoms with Gasteiger partial charge in [0.2, 0.25) is 0 Å². The number of hydrogen-bond donors (Lipinski definition) is 2. The minimum absolute atomic E-state index is 0.195. The summed E-state index contributed by atoms with van der Waals surface area (Å²) in [4.78, 5) is 26.9. The van der Waals surface area contributed by atoms with Crippen molar-refractivity contribution in [3.05, 3.63) is 0 Å². The molecule has 136 valence electrons. The Morgan fingerprint density at radius 1 is 0.826 bits per heavy atom. The molecule has 8 nitrogen and oxygen atoms in total. The first-order valence-electron chi connectivity index (χ1n) is 8.14. The number of carbonyl (C=O) groups is 2. The van der Waals surface area contributed by atoms with Crippen LogP contribution in [0.1, 0.15) is 19.8 Å². The molecular formula is C15H32N4O4. The van der Waals surface area contributed by atoms with Gasteiger partial charge in [0.15, 0.2) is 0 Å². The molecular weight excluding hydrogens is 300 g/mol. The lowest BCUT2D eigenvalue weighted by atomic mass is 10.3. The number of nitrogens with zero attached hydrogens (tertiary/aromatic N) is 2. The highest BCUT2D eigenvalue weighted by Crippen LogP contribution is 1.98. The van der Waals surface area contributed by atoms with Gasteiger partial charge in [-0.25, -0.2) is 0 Å². The minimum atomic E-state index is -0.229. The molecule has 0 spiro atoms. The summed E-state index contributed by atoms with van der Waals surface area (Å²) in [5.74, 6) is -0.424. The van der Waals surface area contributed by atoms with Crippen molar-refractivity contribution in [2.45, 2.75) is 19.8 Å². The third kappa shape index (κ3) is 11.9. The van der Waals surface area contributed by atoms with E-state index in [0.29, 0.717) is 58.7 Å². The van der Waals surface area contributed by atoms with E-state index in [2.05, 4.69) is 14.5 Å². The zero-order valence-electron chi connectivity index (χ0n) is 14.5. The Kier molecular flexibility index (Phi) is 13.6. The second kappa shape index (κ2) is 14.4. The highest BCUT2D eigenvalue weighted by atomic mass is 16.5. The summed E-state index contributed by atoms with van der Waals surface area (Å²) in [6.45, 7) is 7.42. The summed E-state index contributed by atoms with van der Waals surface area (Å²) in [7, 11) is 1.38. The van der Waals surface area contributed by atoms with E-state index in [4.69, 9.17) is 16.2 Å². The molecule has 0 atom stereocenters. The van der Waals surface area contributed by atoms with Gasteiger partial charge in [-0.1, -0.05) is 0 Å². The van der Waals surface area contributed by atoms with Crippen molar-refractivity contribution in [2.24, 2.45) is 11.5 Å². The number of ether oxygens (including phenoxy) is 2. The van der Waals surface area contributed by atoms with Gasteiger partial charge in [0.05, 0.1) is 26.6 Å². The number of methoxy groups -OCH3 is 1. The Hall–Kier alpha value is -1.22. The number of carbonyl (C=O) groups excluding carboxylic acids is 2. The van der Waals surface area contributed by atoms with E-state index < -0.39 is 0 Å².